The van der Waals surface area contributed by atoms with Gasteiger partial charge in [0.2, 0.25) is 0 Å². The van der Waals surface area contributed by atoms with E-state index in [9.17, 15) is 19.5 Å². The van der Waals surface area contributed by atoms with E-state index in [1.807, 2.05) is 0 Å². The normalized spacial score (nSPS) is 23.7. The van der Waals surface area contributed by atoms with Gasteiger partial charge in [-0.05, 0) is 6.42 Å². The number of hydrogen-bond acceptors (Lipinski definition) is 7. The fraction of sp³-hybridized carbons (Fsp3) is 0.533. The van der Waals surface area contributed by atoms with Crippen LogP contribution in [-0.4, -0.2) is 51.2 Å². The van der Waals surface area contributed by atoms with Gasteiger partial charge in [-0.3, -0.25) is 19.1 Å². The Morgan fingerprint density at radius 2 is 2.25 bits per heavy atom. The highest BCUT2D eigenvalue weighted by molar-refractivity contribution is 5.65. The summed E-state index contributed by atoms with van der Waals surface area (Å²) in [6.45, 7) is 1.04. The third-order valence-corrected chi connectivity index (χ3v) is 3.62. The maximum Gasteiger partial charge on any atom is 0.330 e. The molecule has 1 unspecified atom stereocenters. The number of nitrogens with zero attached hydrogens (tertiary/aromatic N) is 1. The lowest BCUT2D eigenvalue weighted by Gasteiger charge is -2.15. The SMILES string of the molecule is CC(=O)OCC=CCc1cn([C@@H]2CC(O)[C@H](CO)O2)c(=O)[nH]c1=O. The van der Waals surface area contributed by atoms with Crippen LogP contribution in [-0.2, 0) is 20.7 Å². The fourth-order valence-corrected chi connectivity index (χ4v) is 2.38. The van der Waals surface area contributed by atoms with Crippen LogP contribution in [0.2, 0.25) is 0 Å². The first-order valence-corrected chi connectivity index (χ1v) is 7.49. The van der Waals surface area contributed by atoms with Crippen LogP contribution in [0.1, 0.15) is 25.1 Å². The summed E-state index contributed by atoms with van der Waals surface area (Å²) in [5.74, 6) is -0.401. The van der Waals surface area contributed by atoms with Crippen molar-refractivity contribution in [1.82, 2.24) is 9.55 Å². The Bertz CT molecular complexity index is 721. The molecule has 1 saturated heterocycles. The highest BCUT2D eigenvalue weighted by Gasteiger charge is 2.35. The molecule has 3 atom stereocenters. The highest BCUT2D eigenvalue weighted by atomic mass is 16.5. The van der Waals surface area contributed by atoms with Crippen LogP contribution in [0.4, 0.5) is 0 Å². The van der Waals surface area contributed by atoms with E-state index in [4.69, 9.17) is 14.6 Å². The Kier molecular flexibility index (Phi) is 6.07. The summed E-state index contributed by atoms with van der Waals surface area (Å²) in [4.78, 5) is 36.6. The lowest BCUT2D eigenvalue weighted by Crippen LogP contribution is -2.34. The van der Waals surface area contributed by atoms with Crippen molar-refractivity contribution in [2.75, 3.05) is 13.2 Å². The number of hydrogen-bond donors (Lipinski definition) is 3. The number of rotatable bonds is 6. The zero-order chi connectivity index (χ0) is 17.7. The third-order valence-electron chi connectivity index (χ3n) is 3.62. The zero-order valence-corrected chi connectivity index (χ0v) is 13.2. The van der Waals surface area contributed by atoms with Gasteiger partial charge < -0.3 is 19.7 Å². The molecular weight excluding hydrogens is 320 g/mol. The lowest BCUT2D eigenvalue weighted by atomic mass is 10.2. The van der Waals surface area contributed by atoms with Crippen molar-refractivity contribution in [3.8, 4) is 0 Å². The number of aliphatic hydroxyl groups is 2. The van der Waals surface area contributed by atoms with Gasteiger partial charge >= 0.3 is 11.7 Å². The number of carbonyl (C=O) groups is 1. The minimum atomic E-state index is -0.883. The number of aromatic nitrogens is 2. The van der Waals surface area contributed by atoms with E-state index in [1.165, 1.54) is 17.7 Å². The second-order valence-corrected chi connectivity index (χ2v) is 5.41. The number of ether oxygens (including phenoxy) is 2. The monoisotopic (exact) mass is 340 g/mol. The quantitative estimate of drug-likeness (QED) is 0.440. The number of H-pyrrole nitrogens is 1. The summed E-state index contributed by atoms with van der Waals surface area (Å²) in [6, 6.07) is 0. The second kappa shape index (κ2) is 8.04. The van der Waals surface area contributed by atoms with Crippen molar-refractivity contribution in [2.45, 2.75) is 38.2 Å². The molecule has 0 spiro atoms. The number of esters is 1. The molecule has 9 heteroatoms. The van der Waals surface area contributed by atoms with E-state index in [2.05, 4.69) is 4.98 Å². The molecule has 1 aliphatic heterocycles. The van der Waals surface area contributed by atoms with Gasteiger partial charge in [0.25, 0.3) is 5.56 Å². The molecule has 0 aromatic carbocycles. The summed E-state index contributed by atoms with van der Waals surface area (Å²) >= 11 is 0. The number of allylic oxidation sites excluding steroid dienone is 1. The Labute approximate surface area is 137 Å². The molecule has 1 fully saturated rings. The minimum absolute atomic E-state index is 0.100. The zero-order valence-electron chi connectivity index (χ0n) is 13.2. The molecule has 0 amide bonds. The summed E-state index contributed by atoms with van der Waals surface area (Å²) in [6.07, 6.45) is 2.57. The maximum atomic E-state index is 11.9. The van der Waals surface area contributed by atoms with Gasteiger partial charge in [0, 0.05) is 25.1 Å². The van der Waals surface area contributed by atoms with Crippen LogP contribution in [0.25, 0.3) is 0 Å². The van der Waals surface area contributed by atoms with Crippen molar-refractivity contribution < 1.29 is 24.5 Å². The molecule has 1 aliphatic rings. The van der Waals surface area contributed by atoms with Crippen LogP contribution in [0.15, 0.2) is 27.9 Å². The van der Waals surface area contributed by atoms with E-state index in [-0.39, 0.29) is 26.1 Å². The molecule has 1 aromatic rings. The predicted molar refractivity (Wildman–Crippen MR) is 82.4 cm³/mol. The Morgan fingerprint density at radius 3 is 2.88 bits per heavy atom. The van der Waals surface area contributed by atoms with Crippen molar-refractivity contribution in [2.24, 2.45) is 0 Å². The van der Waals surface area contributed by atoms with Gasteiger partial charge in [-0.25, -0.2) is 4.79 Å². The van der Waals surface area contributed by atoms with Gasteiger partial charge in [0.1, 0.15) is 18.9 Å². The smallest absolute Gasteiger partial charge is 0.330 e. The lowest BCUT2D eigenvalue weighted by molar-refractivity contribution is -0.139. The summed E-state index contributed by atoms with van der Waals surface area (Å²) < 4.78 is 11.3. The van der Waals surface area contributed by atoms with E-state index in [1.54, 1.807) is 12.2 Å². The third kappa shape index (κ3) is 4.40. The molecule has 1 aromatic heterocycles. The van der Waals surface area contributed by atoms with Crippen molar-refractivity contribution in [3.05, 3.63) is 44.8 Å². The van der Waals surface area contributed by atoms with Crippen molar-refractivity contribution in [1.29, 1.82) is 0 Å². The topological polar surface area (TPSA) is 131 Å². The van der Waals surface area contributed by atoms with E-state index < -0.39 is 35.7 Å². The standard InChI is InChI=1S/C15H20N2O7/c1-9(19)23-5-3-2-4-10-7-17(15(22)16-14(10)21)13-6-11(20)12(8-18)24-13/h2-3,7,11-13,18,20H,4-6,8H2,1H3,(H,16,21,22)/t11?,12-,13-/m0/s1. The molecule has 0 radical (unpaired) electrons. The Morgan fingerprint density at radius 1 is 1.50 bits per heavy atom. The first-order chi connectivity index (χ1) is 11.4. The van der Waals surface area contributed by atoms with Crippen LogP contribution >= 0.6 is 0 Å². The van der Waals surface area contributed by atoms with Crippen LogP contribution in [0, 0.1) is 0 Å². The Hall–Kier alpha value is -2.23. The molecular formula is C15H20N2O7. The summed E-state index contributed by atoms with van der Waals surface area (Å²) in [7, 11) is 0. The largest absolute Gasteiger partial charge is 0.462 e. The van der Waals surface area contributed by atoms with E-state index >= 15 is 0 Å². The van der Waals surface area contributed by atoms with E-state index in [0.717, 1.165) is 0 Å². The molecule has 2 heterocycles. The van der Waals surface area contributed by atoms with E-state index in [0.29, 0.717) is 5.56 Å². The molecule has 24 heavy (non-hydrogen) atoms. The average Bonchev–Trinajstić information content (AvgIpc) is 2.89. The summed E-state index contributed by atoms with van der Waals surface area (Å²) in [5.41, 5.74) is -0.853. The summed E-state index contributed by atoms with van der Waals surface area (Å²) in [5, 5.41) is 18.9. The number of carbonyl (C=O) groups excluding carboxylic acids is 1. The van der Waals surface area contributed by atoms with Gasteiger partial charge in [-0.1, -0.05) is 12.2 Å². The maximum absolute atomic E-state index is 11.9. The predicted octanol–water partition coefficient (Wildman–Crippen LogP) is -1.16. The molecule has 3 N–H and O–H groups in total. The first-order valence-electron chi connectivity index (χ1n) is 7.49. The van der Waals surface area contributed by atoms with Crippen molar-refractivity contribution in [3.63, 3.8) is 0 Å². The van der Waals surface area contributed by atoms with Gasteiger partial charge in [0.15, 0.2) is 0 Å². The first kappa shape index (κ1) is 18.1. The van der Waals surface area contributed by atoms with Gasteiger partial charge in [0.05, 0.1) is 12.7 Å². The number of aliphatic hydroxyl groups excluding tert-OH is 2. The Balaban J connectivity index is 2.12. The van der Waals surface area contributed by atoms with Crippen LogP contribution in [0.5, 0.6) is 0 Å². The van der Waals surface area contributed by atoms with Gasteiger partial charge in [-0.2, -0.15) is 0 Å². The number of nitrogens with one attached hydrogen (secondary N) is 1. The van der Waals surface area contributed by atoms with Gasteiger partial charge in [-0.15, -0.1) is 0 Å². The average molecular weight is 340 g/mol. The van der Waals surface area contributed by atoms with Crippen LogP contribution < -0.4 is 11.2 Å². The minimum Gasteiger partial charge on any atom is -0.462 e. The fourth-order valence-electron chi connectivity index (χ4n) is 2.38. The molecule has 0 bridgehead atoms. The highest BCUT2D eigenvalue weighted by Crippen LogP contribution is 2.27. The molecule has 0 aliphatic carbocycles. The molecule has 2 rings (SSSR count). The molecule has 0 saturated carbocycles. The molecule has 9 nitrogen and oxygen atoms in total. The molecule has 132 valence electrons. The number of aromatic amines is 1. The van der Waals surface area contributed by atoms with Crippen molar-refractivity contribution >= 4 is 5.97 Å². The van der Waals surface area contributed by atoms with Crippen LogP contribution in [0.3, 0.4) is 0 Å². The second-order valence-electron chi connectivity index (χ2n) is 5.41.